The fraction of sp³-hybridized carbons (Fsp3) is 0.0455. The van der Waals surface area contributed by atoms with Crippen LogP contribution >= 0.6 is 0 Å². The number of rotatable bonds is 4. The monoisotopic (exact) mass is 614 g/mol. The second kappa shape index (κ2) is 11.2. The molecule has 0 aliphatic rings. The standard InChI is InChI=1S/C44H30N4/c1-27-39-34-17-9-10-19-37(34)47-43(29-13-5-3-6-14-29)41(39)28(2)40-35-21-20-31(32-23-33(26-45-25-32)36-18-11-12-22-46-36)24-38(35)48-44(42(27)40)30-15-7-4-8-16-30/h3-26H,1-2H3. The maximum absolute atomic E-state index is 5.46. The largest absolute Gasteiger partial charge is 0.263 e. The minimum absolute atomic E-state index is 0.899. The van der Waals surface area contributed by atoms with E-state index in [0.717, 1.165) is 66.7 Å². The molecule has 0 spiro atoms. The van der Waals surface area contributed by atoms with Gasteiger partial charge in [0.05, 0.1) is 28.1 Å². The van der Waals surface area contributed by atoms with Crippen LogP contribution < -0.4 is 0 Å². The molecular formula is C44H30N4. The molecule has 4 aromatic heterocycles. The van der Waals surface area contributed by atoms with Crippen molar-refractivity contribution >= 4 is 43.4 Å². The van der Waals surface area contributed by atoms with Gasteiger partial charge in [0.2, 0.25) is 0 Å². The van der Waals surface area contributed by atoms with E-state index in [4.69, 9.17) is 9.97 Å². The lowest BCUT2D eigenvalue weighted by molar-refractivity contribution is 1.28. The van der Waals surface area contributed by atoms with Gasteiger partial charge in [0, 0.05) is 62.4 Å². The highest BCUT2D eigenvalue weighted by atomic mass is 14.7. The SMILES string of the molecule is Cc1c2c(-c3ccccc3)nc3cc(-c4cncc(-c5ccccn5)c4)ccc3c2c(C)c2c(-c3ccccc3)nc3ccccc3c12. The van der Waals surface area contributed by atoms with Gasteiger partial charge < -0.3 is 0 Å². The van der Waals surface area contributed by atoms with Gasteiger partial charge in [-0.3, -0.25) is 9.97 Å². The average molecular weight is 615 g/mol. The lowest BCUT2D eigenvalue weighted by atomic mass is 9.85. The van der Waals surface area contributed by atoms with Crippen molar-refractivity contribution in [3.8, 4) is 44.9 Å². The van der Waals surface area contributed by atoms with Gasteiger partial charge >= 0.3 is 0 Å². The summed E-state index contributed by atoms with van der Waals surface area (Å²) in [6, 6.07) is 44.4. The number of fused-ring (bicyclic) bond motifs is 6. The third-order valence-corrected chi connectivity index (χ3v) is 9.51. The molecule has 0 N–H and O–H groups in total. The van der Waals surface area contributed by atoms with Gasteiger partial charge in [0.15, 0.2) is 0 Å². The number of benzene rings is 5. The molecule has 0 saturated carbocycles. The van der Waals surface area contributed by atoms with Gasteiger partial charge in [0.25, 0.3) is 0 Å². The third kappa shape index (κ3) is 4.45. The zero-order chi connectivity index (χ0) is 32.2. The minimum Gasteiger partial charge on any atom is -0.263 e. The number of aromatic nitrogens is 4. The van der Waals surface area contributed by atoms with E-state index in [-0.39, 0.29) is 0 Å². The number of aryl methyl sites for hydroxylation is 2. The second-order valence-corrected chi connectivity index (χ2v) is 12.3. The van der Waals surface area contributed by atoms with Crippen LogP contribution in [0, 0.1) is 13.8 Å². The van der Waals surface area contributed by atoms with Crippen LogP contribution in [0.2, 0.25) is 0 Å². The van der Waals surface area contributed by atoms with E-state index in [2.05, 4.69) is 133 Å². The van der Waals surface area contributed by atoms with E-state index >= 15 is 0 Å². The molecule has 0 aliphatic heterocycles. The van der Waals surface area contributed by atoms with E-state index in [1.807, 2.05) is 36.8 Å². The van der Waals surface area contributed by atoms with E-state index in [9.17, 15) is 0 Å². The molecule has 0 aliphatic carbocycles. The molecular weight excluding hydrogens is 585 g/mol. The summed E-state index contributed by atoms with van der Waals surface area (Å²) in [7, 11) is 0. The molecule has 0 bridgehead atoms. The van der Waals surface area contributed by atoms with E-state index in [1.54, 1.807) is 0 Å². The highest BCUT2D eigenvalue weighted by Gasteiger charge is 2.22. The molecule has 0 amide bonds. The normalized spacial score (nSPS) is 11.5. The van der Waals surface area contributed by atoms with Gasteiger partial charge in [0.1, 0.15) is 0 Å². The molecule has 5 aromatic carbocycles. The van der Waals surface area contributed by atoms with Crippen LogP contribution in [0.25, 0.3) is 88.2 Å². The predicted molar refractivity (Wildman–Crippen MR) is 199 cm³/mol. The Bertz CT molecular complexity index is 2670. The molecule has 0 radical (unpaired) electrons. The summed E-state index contributed by atoms with van der Waals surface area (Å²) < 4.78 is 0. The predicted octanol–water partition coefficient (Wildman–Crippen LogP) is 11.2. The maximum atomic E-state index is 5.46. The summed E-state index contributed by atoms with van der Waals surface area (Å²) in [6.07, 6.45) is 5.60. The van der Waals surface area contributed by atoms with E-state index in [1.165, 1.54) is 32.7 Å². The number of hydrogen-bond donors (Lipinski definition) is 0. The Morgan fingerprint density at radius 3 is 1.67 bits per heavy atom. The van der Waals surface area contributed by atoms with Crippen molar-refractivity contribution in [3.63, 3.8) is 0 Å². The number of nitrogens with zero attached hydrogens (tertiary/aromatic N) is 4. The molecule has 0 atom stereocenters. The first-order chi connectivity index (χ1) is 23.7. The Kier molecular flexibility index (Phi) is 6.54. The van der Waals surface area contributed by atoms with Gasteiger partial charge in [-0.2, -0.15) is 0 Å². The molecule has 226 valence electrons. The molecule has 0 saturated heterocycles. The second-order valence-electron chi connectivity index (χ2n) is 12.3. The van der Waals surface area contributed by atoms with Gasteiger partial charge in [-0.15, -0.1) is 0 Å². The van der Waals surface area contributed by atoms with Crippen molar-refractivity contribution in [1.29, 1.82) is 0 Å². The fourth-order valence-corrected chi connectivity index (χ4v) is 7.30. The summed E-state index contributed by atoms with van der Waals surface area (Å²) in [4.78, 5) is 19.9. The van der Waals surface area contributed by atoms with E-state index < -0.39 is 0 Å². The summed E-state index contributed by atoms with van der Waals surface area (Å²) in [5.74, 6) is 0. The zero-order valence-electron chi connectivity index (χ0n) is 26.6. The lowest BCUT2D eigenvalue weighted by Gasteiger charge is -2.21. The Morgan fingerprint density at radius 2 is 1.00 bits per heavy atom. The first-order valence-corrected chi connectivity index (χ1v) is 16.2. The number of pyridine rings is 4. The average Bonchev–Trinajstić information content (AvgIpc) is 3.16. The van der Waals surface area contributed by atoms with Crippen molar-refractivity contribution in [2.24, 2.45) is 0 Å². The molecule has 4 heterocycles. The summed E-state index contributed by atoms with van der Waals surface area (Å²) in [5, 5.41) is 7.09. The zero-order valence-corrected chi connectivity index (χ0v) is 26.6. The molecule has 4 heteroatoms. The Morgan fingerprint density at radius 1 is 0.417 bits per heavy atom. The lowest BCUT2D eigenvalue weighted by Crippen LogP contribution is -1.99. The highest BCUT2D eigenvalue weighted by molar-refractivity contribution is 6.25. The number of hydrogen-bond acceptors (Lipinski definition) is 4. The molecule has 4 nitrogen and oxygen atoms in total. The van der Waals surface area contributed by atoms with Crippen LogP contribution in [0.4, 0.5) is 0 Å². The molecule has 0 unspecified atom stereocenters. The molecule has 48 heavy (non-hydrogen) atoms. The van der Waals surface area contributed by atoms with Gasteiger partial charge in [-0.05, 0) is 71.6 Å². The Hall–Kier alpha value is -6.26. The van der Waals surface area contributed by atoms with Gasteiger partial charge in [-0.25, -0.2) is 9.97 Å². The minimum atomic E-state index is 0.899. The first-order valence-electron chi connectivity index (χ1n) is 16.2. The topological polar surface area (TPSA) is 51.6 Å². The van der Waals surface area contributed by atoms with Crippen LogP contribution in [-0.4, -0.2) is 19.9 Å². The Labute approximate surface area is 278 Å². The summed E-state index contributed by atoms with van der Waals surface area (Å²) in [6.45, 7) is 4.52. The third-order valence-electron chi connectivity index (χ3n) is 9.51. The molecule has 9 rings (SSSR count). The highest BCUT2D eigenvalue weighted by Crippen LogP contribution is 2.45. The van der Waals surface area contributed by atoms with Crippen molar-refractivity contribution in [2.45, 2.75) is 13.8 Å². The summed E-state index contributed by atoms with van der Waals surface area (Å²) in [5.41, 5.74) is 12.5. The quantitative estimate of drug-likeness (QED) is 0.146. The van der Waals surface area contributed by atoms with E-state index in [0.29, 0.717) is 0 Å². The van der Waals surface area contributed by atoms with Crippen molar-refractivity contribution in [3.05, 3.63) is 157 Å². The smallest absolute Gasteiger partial charge is 0.0791 e. The molecule has 0 fully saturated rings. The van der Waals surface area contributed by atoms with Crippen LogP contribution in [-0.2, 0) is 0 Å². The molecule has 9 aromatic rings. The van der Waals surface area contributed by atoms with Gasteiger partial charge in [-0.1, -0.05) is 97.1 Å². The first kappa shape index (κ1) is 28.0. The van der Waals surface area contributed by atoms with Crippen LogP contribution in [0.3, 0.4) is 0 Å². The van der Waals surface area contributed by atoms with Crippen LogP contribution in [0.5, 0.6) is 0 Å². The Balaban J connectivity index is 1.40. The number of para-hydroxylation sites is 1. The van der Waals surface area contributed by atoms with Crippen LogP contribution in [0.1, 0.15) is 11.1 Å². The van der Waals surface area contributed by atoms with Crippen LogP contribution in [0.15, 0.2) is 146 Å². The van der Waals surface area contributed by atoms with Crippen molar-refractivity contribution in [2.75, 3.05) is 0 Å². The summed E-state index contributed by atoms with van der Waals surface area (Å²) >= 11 is 0. The fourth-order valence-electron chi connectivity index (χ4n) is 7.30. The van der Waals surface area contributed by atoms with Crippen molar-refractivity contribution in [1.82, 2.24) is 19.9 Å². The van der Waals surface area contributed by atoms with Crippen molar-refractivity contribution < 1.29 is 0 Å². The maximum Gasteiger partial charge on any atom is 0.0791 e.